The quantitative estimate of drug-likeness (QED) is 0.813. The fourth-order valence-electron chi connectivity index (χ4n) is 0.820. The van der Waals surface area contributed by atoms with Crippen LogP contribution >= 0.6 is 15.9 Å². The topological polar surface area (TPSA) is 78.1 Å². The van der Waals surface area contributed by atoms with E-state index in [9.17, 15) is 4.79 Å². The molecule has 1 rings (SSSR count). The van der Waals surface area contributed by atoms with E-state index in [1.165, 1.54) is 12.4 Å². The van der Waals surface area contributed by atoms with E-state index < -0.39 is 12.0 Å². The Kier molecular flexibility index (Phi) is 3.97. The molecule has 0 aliphatic rings. The Bertz CT molecular complexity index is 315. The standard InChI is InChI=1S/C8H10BrN3O2/c1-2-14-8(13)6(10)7-11-3-5(9)4-12-7/h3-4,6H,2,10H2,1H3. The number of rotatable bonds is 3. The van der Waals surface area contributed by atoms with Crippen LogP contribution in [0.5, 0.6) is 0 Å². The van der Waals surface area contributed by atoms with Crippen molar-refractivity contribution >= 4 is 21.9 Å². The molecule has 0 spiro atoms. The summed E-state index contributed by atoms with van der Waals surface area (Å²) in [5, 5.41) is 0. The first-order valence-electron chi connectivity index (χ1n) is 4.04. The van der Waals surface area contributed by atoms with Crippen molar-refractivity contribution in [1.29, 1.82) is 0 Å². The molecule has 0 fully saturated rings. The Morgan fingerprint density at radius 3 is 2.71 bits per heavy atom. The summed E-state index contributed by atoms with van der Waals surface area (Å²) in [6.07, 6.45) is 3.06. The lowest BCUT2D eigenvalue weighted by atomic mass is 10.3. The maximum atomic E-state index is 11.2. The van der Waals surface area contributed by atoms with Gasteiger partial charge in [0.05, 0.1) is 11.1 Å². The Morgan fingerprint density at radius 1 is 1.64 bits per heavy atom. The van der Waals surface area contributed by atoms with Crippen molar-refractivity contribution in [2.45, 2.75) is 13.0 Å². The van der Waals surface area contributed by atoms with Crippen LogP contribution in [-0.4, -0.2) is 22.5 Å². The molecule has 1 atom stereocenters. The third-order valence-electron chi connectivity index (χ3n) is 1.46. The molecular formula is C8H10BrN3O2. The predicted molar refractivity (Wildman–Crippen MR) is 53.3 cm³/mol. The van der Waals surface area contributed by atoms with Crippen LogP contribution < -0.4 is 5.73 Å². The third-order valence-corrected chi connectivity index (χ3v) is 1.87. The van der Waals surface area contributed by atoms with Gasteiger partial charge in [-0.3, -0.25) is 0 Å². The van der Waals surface area contributed by atoms with Gasteiger partial charge in [-0.2, -0.15) is 0 Å². The van der Waals surface area contributed by atoms with Crippen LogP contribution in [0.25, 0.3) is 0 Å². The van der Waals surface area contributed by atoms with E-state index in [0.29, 0.717) is 6.61 Å². The van der Waals surface area contributed by atoms with Gasteiger partial charge in [0, 0.05) is 12.4 Å². The van der Waals surface area contributed by atoms with E-state index in [-0.39, 0.29) is 5.82 Å². The van der Waals surface area contributed by atoms with Crippen molar-refractivity contribution in [2.75, 3.05) is 6.61 Å². The van der Waals surface area contributed by atoms with Crippen molar-refractivity contribution in [1.82, 2.24) is 9.97 Å². The van der Waals surface area contributed by atoms with Crippen LogP contribution in [-0.2, 0) is 9.53 Å². The molecule has 1 aromatic rings. The number of hydrogen-bond acceptors (Lipinski definition) is 5. The highest BCUT2D eigenvalue weighted by atomic mass is 79.9. The molecule has 6 heteroatoms. The first-order chi connectivity index (χ1) is 6.65. The molecule has 5 nitrogen and oxygen atoms in total. The van der Waals surface area contributed by atoms with Gasteiger partial charge in [-0.05, 0) is 22.9 Å². The average molecular weight is 260 g/mol. The number of hydrogen-bond donors (Lipinski definition) is 1. The number of ether oxygens (including phenoxy) is 1. The smallest absolute Gasteiger partial charge is 0.330 e. The Balaban J connectivity index is 2.73. The van der Waals surface area contributed by atoms with Gasteiger partial charge in [0.25, 0.3) is 0 Å². The molecular weight excluding hydrogens is 250 g/mol. The van der Waals surface area contributed by atoms with Crippen LogP contribution in [0, 0.1) is 0 Å². The fourth-order valence-corrected chi connectivity index (χ4v) is 1.03. The second-order valence-electron chi connectivity index (χ2n) is 2.49. The van der Waals surface area contributed by atoms with Crippen LogP contribution in [0.2, 0.25) is 0 Å². The zero-order valence-corrected chi connectivity index (χ0v) is 9.19. The van der Waals surface area contributed by atoms with Crippen LogP contribution in [0.3, 0.4) is 0 Å². The molecule has 0 aromatic carbocycles. The maximum Gasteiger partial charge on any atom is 0.330 e. The highest BCUT2D eigenvalue weighted by molar-refractivity contribution is 9.10. The molecule has 0 saturated heterocycles. The molecule has 2 N–H and O–H groups in total. The number of nitrogens with two attached hydrogens (primary N) is 1. The summed E-state index contributed by atoms with van der Waals surface area (Å²) in [4.78, 5) is 19.0. The molecule has 0 aliphatic carbocycles. The zero-order valence-electron chi connectivity index (χ0n) is 7.61. The van der Waals surface area contributed by atoms with Crippen LogP contribution in [0.1, 0.15) is 18.8 Å². The minimum Gasteiger partial charge on any atom is -0.464 e. The van der Waals surface area contributed by atoms with Gasteiger partial charge in [-0.15, -0.1) is 0 Å². The highest BCUT2D eigenvalue weighted by Crippen LogP contribution is 2.09. The van der Waals surface area contributed by atoms with Crippen molar-refractivity contribution < 1.29 is 9.53 Å². The lowest BCUT2D eigenvalue weighted by Crippen LogP contribution is -2.25. The first kappa shape index (κ1) is 11.1. The molecule has 1 heterocycles. The molecule has 14 heavy (non-hydrogen) atoms. The second-order valence-corrected chi connectivity index (χ2v) is 3.40. The maximum absolute atomic E-state index is 11.2. The summed E-state index contributed by atoms with van der Waals surface area (Å²) >= 11 is 3.18. The number of carbonyl (C=O) groups excluding carboxylic acids is 1. The predicted octanol–water partition coefficient (Wildman–Crippen LogP) is 0.802. The summed E-state index contributed by atoms with van der Waals surface area (Å²) in [6.45, 7) is 2.01. The van der Waals surface area contributed by atoms with E-state index in [0.717, 1.165) is 4.47 Å². The highest BCUT2D eigenvalue weighted by Gasteiger charge is 2.19. The molecule has 1 unspecified atom stereocenters. The number of aromatic nitrogens is 2. The van der Waals surface area contributed by atoms with Gasteiger partial charge in [0.15, 0.2) is 11.9 Å². The normalized spacial score (nSPS) is 12.2. The van der Waals surface area contributed by atoms with Crippen LogP contribution in [0.15, 0.2) is 16.9 Å². The minimum atomic E-state index is -0.914. The number of halogens is 1. The summed E-state index contributed by atoms with van der Waals surface area (Å²) in [5.41, 5.74) is 5.56. The average Bonchev–Trinajstić information content (AvgIpc) is 2.18. The summed E-state index contributed by atoms with van der Waals surface area (Å²) < 4.78 is 5.47. The molecule has 0 aliphatic heterocycles. The zero-order chi connectivity index (χ0) is 10.6. The molecule has 76 valence electrons. The van der Waals surface area contributed by atoms with E-state index in [4.69, 9.17) is 10.5 Å². The van der Waals surface area contributed by atoms with Crippen molar-refractivity contribution in [3.8, 4) is 0 Å². The molecule has 0 radical (unpaired) electrons. The lowest BCUT2D eigenvalue weighted by molar-refractivity contribution is -0.145. The van der Waals surface area contributed by atoms with Gasteiger partial charge < -0.3 is 10.5 Å². The largest absolute Gasteiger partial charge is 0.464 e. The van der Waals surface area contributed by atoms with Gasteiger partial charge in [-0.25, -0.2) is 14.8 Å². The number of carbonyl (C=O) groups is 1. The van der Waals surface area contributed by atoms with E-state index in [1.54, 1.807) is 6.92 Å². The number of nitrogens with zero attached hydrogens (tertiary/aromatic N) is 2. The van der Waals surface area contributed by atoms with E-state index >= 15 is 0 Å². The number of esters is 1. The van der Waals surface area contributed by atoms with Crippen molar-refractivity contribution in [3.05, 3.63) is 22.7 Å². The van der Waals surface area contributed by atoms with Crippen molar-refractivity contribution in [2.24, 2.45) is 5.73 Å². The molecule has 0 amide bonds. The molecule has 0 bridgehead atoms. The fraction of sp³-hybridized carbons (Fsp3) is 0.375. The lowest BCUT2D eigenvalue weighted by Gasteiger charge is -2.08. The molecule has 0 saturated carbocycles. The second kappa shape index (κ2) is 5.02. The summed E-state index contributed by atoms with van der Waals surface area (Å²) in [6, 6.07) is -0.914. The van der Waals surface area contributed by atoms with Gasteiger partial charge >= 0.3 is 5.97 Å². The monoisotopic (exact) mass is 259 g/mol. The van der Waals surface area contributed by atoms with Gasteiger partial charge in [0.1, 0.15) is 0 Å². The van der Waals surface area contributed by atoms with E-state index in [1.807, 2.05) is 0 Å². The van der Waals surface area contributed by atoms with E-state index in [2.05, 4.69) is 25.9 Å². The van der Waals surface area contributed by atoms with Gasteiger partial charge in [0.2, 0.25) is 0 Å². The Hall–Kier alpha value is -1.01. The first-order valence-corrected chi connectivity index (χ1v) is 4.84. The van der Waals surface area contributed by atoms with Crippen molar-refractivity contribution in [3.63, 3.8) is 0 Å². The SMILES string of the molecule is CCOC(=O)C(N)c1ncc(Br)cn1. The summed E-state index contributed by atoms with van der Waals surface area (Å²) in [5.74, 6) is -0.263. The minimum absolute atomic E-state index is 0.256. The van der Waals surface area contributed by atoms with Gasteiger partial charge in [-0.1, -0.05) is 0 Å². The summed E-state index contributed by atoms with van der Waals surface area (Å²) in [7, 11) is 0. The Morgan fingerprint density at radius 2 is 2.21 bits per heavy atom. The Labute approximate surface area is 89.8 Å². The van der Waals surface area contributed by atoms with Crippen LogP contribution in [0.4, 0.5) is 0 Å². The molecule has 1 aromatic heterocycles. The third kappa shape index (κ3) is 2.74.